The molecule has 1 aromatic carbocycles. The van der Waals surface area contributed by atoms with Crippen LogP contribution in [-0.2, 0) is 0 Å². The van der Waals surface area contributed by atoms with Crippen LogP contribution >= 0.6 is 0 Å². The van der Waals surface area contributed by atoms with Gasteiger partial charge in [-0.25, -0.2) is 0 Å². The van der Waals surface area contributed by atoms with Crippen LogP contribution in [0.5, 0.6) is 5.75 Å². The number of nitrogens with two attached hydrogens (primary N) is 1. The second kappa shape index (κ2) is 8.40. The number of rotatable bonds is 6. The number of carbonyl (C=O) groups is 2. The maximum absolute atomic E-state index is 12.0. The van der Waals surface area contributed by atoms with Gasteiger partial charge in [-0.15, -0.1) is 0 Å². The third-order valence-electron chi connectivity index (χ3n) is 3.42. The quantitative estimate of drug-likeness (QED) is 0.643. The summed E-state index contributed by atoms with van der Waals surface area (Å²) >= 11 is 0. The summed E-state index contributed by atoms with van der Waals surface area (Å²) in [5, 5.41) is 6.28. The lowest BCUT2D eigenvalue weighted by Gasteiger charge is -2.05. The molecule has 0 atom stereocenters. The van der Waals surface area contributed by atoms with Gasteiger partial charge in [0.2, 0.25) is 5.76 Å². The normalized spacial score (nSPS) is 9.93. The van der Waals surface area contributed by atoms with E-state index < -0.39 is 11.8 Å². The van der Waals surface area contributed by atoms with Gasteiger partial charge in [0.25, 0.3) is 11.8 Å². The molecule has 2 heterocycles. The molecular formula is C19H15N3O5. The van der Waals surface area contributed by atoms with Gasteiger partial charge in [-0.05, 0) is 24.3 Å². The van der Waals surface area contributed by atoms with Crippen molar-refractivity contribution in [3.63, 3.8) is 0 Å². The molecule has 0 aliphatic heterocycles. The Balaban J connectivity index is 1.47. The van der Waals surface area contributed by atoms with Crippen LogP contribution in [0.4, 0.5) is 0 Å². The molecule has 0 spiro atoms. The van der Waals surface area contributed by atoms with Gasteiger partial charge >= 0.3 is 0 Å². The van der Waals surface area contributed by atoms with Crippen molar-refractivity contribution in [3.05, 3.63) is 60.0 Å². The number of benzene rings is 1. The summed E-state index contributed by atoms with van der Waals surface area (Å²) in [5.74, 6) is 5.67. The number of amides is 2. The highest BCUT2D eigenvalue weighted by atomic mass is 16.5. The summed E-state index contributed by atoms with van der Waals surface area (Å²) in [4.78, 5) is 23.3. The smallest absolute Gasteiger partial charge is 0.274 e. The number of furan rings is 1. The summed E-state index contributed by atoms with van der Waals surface area (Å²) in [7, 11) is 0. The Kier molecular flexibility index (Phi) is 5.54. The molecule has 136 valence electrons. The predicted molar refractivity (Wildman–Crippen MR) is 94.8 cm³/mol. The van der Waals surface area contributed by atoms with E-state index in [-0.39, 0.29) is 24.4 Å². The van der Waals surface area contributed by atoms with Crippen molar-refractivity contribution < 1.29 is 23.3 Å². The van der Waals surface area contributed by atoms with Crippen LogP contribution in [0.25, 0.3) is 11.5 Å². The number of hydrogen-bond donors (Lipinski definition) is 2. The number of primary amides is 1. The standard InChI is InChI=1S/C19H15N3O5/c20-18(23)13-6-1-2-7-15(13)25-10-4-3-9-21-19(24)14-12-17(27-22-14)16-8-5-11-26-16/h1-2,5-8,11-12H,9-10H2,(H2,20,23)(H,21,24). The zero-order valence-corrected chi connectivity index (χ0v) is 14.1. The molecule has 0 fully saturated rings. The van der Waals surface area contributed by atoms with E-state index >= 15 is 0 Å². The fourth-order valence-electron chi connectivity index (χ4n) is 2.16. The van der Waals surface area contributed by atoms with Crippen LogP contribution in [0, 0.1) is 11.8 Å². The fourth-order valence-corrected chi connectivity index (χ4v) is 2.16. The zero-order valence-electron chi connectivity index (χ0n) is 14.1. The van der Waals surface area contributed by atoms with Crippen molar-refractivity contribution in [3.8, 4) is 29.1 Å². The Bertz CT molecular complexity index is 996. The molecule has 27 heavy (non-hydrogen) atoms. The third-order valence-corrected chi connectivity index (χ3v) is 3.42. The Hall–Kier alpha value is -3.99. The van der Waals surface area contributed by atoms with Crippen molar-refractivity contribution in [2.45, 2.75) is 0 Å². The lowest BCUT2D eigenvalue weighted by Crippen LogP contribution is -2.23. The number of carbonyl (C=O) groups excluding carboxylic acids is 2. The Labute approximate surface area is 154 Å². The number of hydrogen-bond acceptors (Lipinski definition) is 6. The zero-order chi connectivity index (χ0) is 19.1. The van der Waals surface area contributed by atoms with E-state index in [4.69, 9.17) is 19.4 Å². The van der Waals surface area contributed by atoms with Crippen LogP contribution in [0.15, 0.2) is 57.7 Å². The molecule has 2 aromatic heterocycles. The second-order valence-electron chi connectivity index (χ2n) is 5.24. The van der Waals surface area contributed by atoms with Crippen LogP contribution in [0.3, 0.4) is 0 Å². The number of aromatic nitrogens is 1. The molecule has 3 N–H and O–H groups in total. The van der Waals surface area contributed by atoms with Crippen LogP contribution in [0.2, 0.25) is 0 Å². The molecule has 0 radical (unpaired) electrons. The molecule has 8 nitrogen and oxygen atoms in total. The number of nitrogens with zero attached hydrogens (tertiary/aromatic N) is 1. The van der Waals surface area contributed by atoms with E-state index in [1.54, 1.807) is 36.4 Å². The van der Waals surface area contributed by atoms with E-state index in [0.717, 1.165) is 0 Å². The lowest BCUT2D eigenvalue weighted by atomic mass is 10.2. The van der Waals surface area contributed by atoms with E-state index in [9.17, 15) is 9.59 Å². The van der Waals surface area contributed by atoms with Gasteiger partial charge in [0.15, 0.2) is 11.5 Å². The maximum Gasteiger partial charge on any atom is 0.274 e. The summed E-state index contributed by atoms with van der Waals surface area (Å²) in [6, 6.07) is 11.5. The lowest BCUT2D eigenvalue weighted by molar-refractivity contribution is 0.0948. The molecule has 0 aliphatic carbocycles. The van der Waals surface area contributed by atoms with E-state index in [1.807, 2.05) is 0 Å². The number of para-hydroxylation sites is 1. The van der Waals surface area contributed by atoms with E-state index in [0.29, 0.717) is 17.3 Å². The summed E-state index contributed by atoms with van der Waals surface area (Å²) < 4.78 is 15.6. The van der Waals surface area contributed by atoms with Gasteiger partial charge in [-0.3, -0.25) is 9.59 Å². The van der Waals surface area contributed by atoms with Crippen molar-refractivity contribution in [1.82, 2.24) is 10.5 Å². The molecular weight excluding hydrogens is 350 g/mol. The Morgan fingerprint density at radius 1 is 1.15 bits per heavy atom. The highest BCUT2D eigenvalue weighted by Gasteiger charge is 2.14. The van der Waals surface area contributed by atoms with Gasteiger partial charge in [-0.2, -0.15) is 0 Å². The minimum absolute atomic E-state index is 0.0484. The van der Waals surface area contributed by atoms with Crippen molar-refractivity contribution >= 4 is 11.8 Å². The molecule has 0 saturated carbocycles. The van der Waals surface area contributed by atoms with Gasteiger partial charge in [-0.1, -0.05) is 29.1 Å². The first-order chi connectivity index (χ1) is 13.1. The summed E-state index contributed by atoms with van der Waals surface area (Å²) in [5.41, 5.74) is 5.67. The molecule has 2 amide bonds. The fraction of sp³-hybridized carbons (Fsp3) is 0.105. The van der Waals surface area contributed by atoms with Crippen LogP contribution < -0.4 is 15.8 Å². The highest BCUT2D eigenvalue weighted by Crippen LogP contribution is 2.20. The Morgan fingerprint density at radius 2 is 2.00 bits per heavy atom. The van der Waals surface area contributed by atoms with E-state index in [1.165, 1.54) is 12.3 Å². The minimum Gasteiger partial charge on any atom is -0.480 e. The molecule has 3 aromatic rings. The average Bonchev–Trinajstić information content (AvgIpc) is 3.36. The molecule has 0 saturated heterocycles. The van der Waals surface area contributed by atoms with Gasteiger partial charge < -0.3 is 24.7 Å². The van der Waals surface area contributed by atoms with Crippen LogP contribution in [0.1, 0.15) is 20.8 Å². The van der Waals surface area contributed by atoms with Gasteiger partial charge in [0.1, 0.15) is 12.4 Å². The first kappa shape index (κ1) is 17.8. The first-order valence-electron chi connectivity index (χ1n) is 7.91. The SMILES string of the molecule is NC(=O)c1ccccc1OCC#CCNC(=O)c1cc(-c2ccco2)on1. The van der Waals surface area contributed by atoms with Crippen molar-refractivity contribution in [2.24, 2.45) is 5.73 Å². The third kappa shape index (κ3) is 4.55. The Morgan fingerprint density at radius 3 is 2.78 bits per heavy atom. The van der Waals surface area contributed by atoms with Gasteiger partial charge in [0.05, 0.1) is 18.4 Å². The topological polar surface area (TPSA) is 121 Å². The molecule has 8 heteroatoms. The summed E-state index contributed by atoms with van der Waals surface area (Å²) in [6.07, 6.45) is 1.50. The largest absolute Gasteiger partial charge is 0.480 e. The van der Waals surface area contributed by atoms with Gasteiger partial charge in [0, 0.05) is 6.07 Å². The second-order valence-corrected chi connectivity index (χ2v) is 5.24. The average molecular weight is 365 g/mol. The molecule has 3 rings (SSSR count). The predicted octanol–water partition coefficient (Wildman–Crippen LogP) is 1.85. The van der Waals surface area contributed by atoms with Crippen molar-refractivity contribution in [1.29, 1.82) is 0 Å². The highest BCUT2D eigenvalue weighted by molar-refractivity contribution is 5.95. The monoisotopic (exact) mass is 365 g/mol. The number of ether oxygens (including phenoxy) is 1. The van der Waals surface area contributed by atoms with Crippen molar-refractivity contribution in [2.75, 3.05) is 13.2 Å². The maximum atomic E-state index is 12.0. The summed E-state index contributed by atoms with van der Waals surface area (Å²) in [6.45, 7) is 0.148. The minimum atomic E-state index is -0.577. The van der Waals surface area contributed by atoms with E-state index in [2.05, 4.69) is 22.3 Å². The molecule has 0 aliphatic rings. The first-order valence-corrected chi connectivity index (χ1v) is 7.91. The molecule has 0 bridgehead atoms. The molecule has 0 unspecified atom stereocenters. The van der Waals surface area contributed by atoms with Crippen LogP contribution in [-0.4, -0.2) is 30.1 Å². The number of nitrogens with one attached hydrogen (secondary N) is 1.